The fourth-order valence-electron chi connectivity index (χ4n) is 1.65. The van der Waals surface area contributed by atoms with E-state index in [4.69, 9.17) is 34.1 Å². The van der Waals surface area contributed by atoms with Crippen LogP contribution in [-0.4, -0.2) is 11.0 Å². The van der Waals surface area contributed by atoms with Crippen LogP contribution in [0, 0.1) is 0 Å². The molecule has 0 spiro atoms. The summed E-state index contributed by atoms with van der Waals surface area (Å²) in [4.78, 5) is 0.840. The molecule has 0 aliphatic rings. The average molecular weight is 327 g/mol. The Morgan fingerprint density at radius 1 is 1.20 bits per heavy atom. The van der Waals surface area contributed by atoms with Crippen LogP contribution in [0.2, 0.25) is 10.0 Å². The molecule has 104 valence electrons. The predicted molar refractivity (Wildman–Crippen MR) is 85.0 cm³/mol. The fourth-order valence-corrected chi connectivity index (χ4v) is 3.27. The Kier molecular flexibility index (Phi) is 5.17. The van der Waals surface area contributed by atoms with Crippen molar-refractivity contribution in [3.63, 3.8) is 0 Å². The number of hydrogen-bond donors (Lipinski definition) is 2. The maximum absolute atomic E-state index is 8.81. The fraction of sp³-hybridized carbons (Fsp3) is 0.0714. The summed E-state index contributed by atoms with van der Waals surface area (Å²) in [5.74, 6) is 0.731. The van der Waals surface area contributed by atoms with Crippen molar-refractivity contribution in [1.29, 1.82) is 0 Å². The van der Waals surface area contributed by atoms with Gasteiger partial charge in [-0.2, -0.15) is 0 Å². The summed E-state index contributed by atoms with van der Waals surface area (Å²) in [7, 11) is 0. The summed E-state index contributed by atoms with van der Waals surface area (Å²) in [5.41, 5.74) is 7.33. The largest absolute Gasteiger partial charge is 0.409 e. The van der Waals surface area contributed by atoms with E-state index in [0.29, 0.717) is 21.4 Å². The highest BCUT2D eigenvalue weighted by Gasteiger charge is 2.09. The molecule has 0 aliphatic heterocycles. The number of oxime groups is 1. The molecule has 2 rings (SSSR count). The van der Waals surface area contributed by atoms with Gasteiger partial charge in [-0.1, -0.05) is 46.6 Å². The Balaban J connectivity index is 2.25. The minimum absolute atomic E-state index is 0.0586. The van der Waals surface area contributed by atoms with E-state index in [1.807, 2.05) is 24.3 Å². The average Bonchev–Trinajstić information content (AvgIpc) is 2.46. The molecule has 0 fully saturated rings. The van der Waals surface area contributed by atoms with E-state index in [0.717, 1.165) is 10.5 Å². The second kappa shape index (κ2) is 6.88. The molecule has 6 heteroatoms. The summed E-state index contributed by atoms with van der Waals surface area (Å²) in [6.07, 6.45) is 0. The van der Waals surface area contributed by atoms with Gasteiger partial charge in [0.1, 0.15) is 0 Å². The molecule has 2 aromatic carbocycles. The van der Waals surface area contributed by atoms with E-state index in [-0.39, 0.29) is 5.84 Å². The van der Waals surface area contributed by atoms with Crippen molar-refractivity contribution in [2.45, 2.75) is 10.6 Å². The van der Waals surface area contributed by atoms with Crippen LogP contribution in [0.25, 0.3) is 0 Å². The topological polar surface area (TPSA) is 58.6 Å². The smallest absolute Gasteiger partial charge is 0.171 e. The predicted octanol–water partition coefficient (Wildman–Crippen LogP) is 4.38. The Morgan fingerprint density at radius 3 is 2.65 bits per heavy atom. The first kappa shape index (κ1) is 15.0. The quantitative estimate of drug-likeness (QED) is 0.288. The van der Waals surface area contributed by atoms with Gasteiger partial charge in [-0.25, -0.2) is 0 Å². The molecule has 0 bridgehead atoms. The molecule has 0 aliphatic carbocycles. The van der Waals surface area contributed by atoms with Gasteiger partial charge < -0.3 is 10.9 Å². The van der Waals surface area contributed by atoms with E-state index < -0.39 is 0 Å². The molecule has 0 aromatic heterocycles. The Bertz CT molecular complexity index is 647. The first-order valence-corrected chi connectivity index (χ1v) is 7.49. The van der Waals surface area contributed by atoms with Crippen molar-refractivity contribution in [2.75, 3.05) is 0 Å². The van der Waals surface area contributed by atoms with Crippen molar-refractivity contribution >= 4 is 40.8 Å². The third kappa shape index (κ3) is 3.60. The van der Waals surface area contributed by atoms with Crippen LogP contribution in [0.5, 0.6) is 0 Å². The van der Waals surface area contributed by atoms with Gasteiger partial charge in [-0.05, 0) is 29.8 Å². The van der Waals surface area contributed by atoms with Crippen molar-refractivity contribution in [2.24, 2.45) is 10.9 Å². The number of benzene rings is 2. The molecule has 0 saturated heterocycles. The van der Waals surface area contributed by atoms with Crippen molar-refractivity contribution in [1.82, 2.24) is 0 Å². The van der Waals surface area contributed by atoms with Gasteiger partial charge in [0.25, 0.3) is 0 Å². The van der Waals surface area contributed by atoms with Gasteiger partial charge >= 0.3 is 0 Å². The zero-order chi connectivity index (χ0) is 14.5. The lowest BCUT2D eigenvalue weighted by Crippen LogP contribution is -2.14. The number of nitrogens with two attached hydrogens (primary N) is 1. The summed E-state index contributed by atoms with van der Waals surface area (Å²) in [6, 6.07) is 12.8. The SMILES string of the molecule is N/C(=N/O)c1ccc(Cl)cc1SCc1ccccc1Cl. The van der Waals surface area contributed by atoms with Gasteiger partial charge in [0.05, 0.1) is 0 Å². The number of rotatable bonds is 4. The monoisotopic (exact) mass is 326 g/mol. The molecule has 3 nitrogen and oxygen atoms in total. The Labute approximate surface area is 131 Å². The van der Waals surface area contributed by atoms with Crippen LogP contribution in [0.4, 0.5) is 0 Å². The number of amidine groups is 1. The minimum Gasteiger partial charge on any atom is -0.409 e. The third-order valence-corrected chi connectivity index (χ3v) is 4.38. The van der Waals surface area contributed by atoms with Gasteiger partial charge in [0.2, 0.25) is 0 Å². The van der Waals surface area contributed by atoms with Crippen molar-refractivity contribution < 1.29 is 5.21 Å². The number of halogens is 2. The van der Waals surface area contributed by atoms with Gasteiger partial charge in [0.15, 0.2) is 5.84 Å². The van der Waals surface area contributed by atoms with Gasteiger partial charge in [0, 0.05) is 26.3 Å². The number of nitrogens with zero attached hydrogens (tertiary/aromatic N) is 1. The zero-order valence-electron chi connectivity index (χ0n) is 10.4. The highest BCUT2D eigenvalue weighted by Crippen LogP contribution is 2.31. The van der Waals surface area contributed by atoms with Crippen molar-refractivity contribution in [3.05, 3.63) is 63.6 Å². The molecule has 0 radical (unpaired) electrons. The molecule has 2 aromatic rings. The van der Waals surface area contributed by atoms with E-state index in [9.17, 15) is 0 Å². The summed E-state index contributed by atoms with van der Waals surface area (Å²) < 4.78 is 0. The van der Waals surface area contributed by atoms with Crippen LogP contribution in [0.15, 0.2) is 52.5 Å². The molecule has 0 saturated carbocycles. The third-order valence-electron chi connectivity index (χ3n) is 2.67. The molecule has 0 amide bonds. The normalized spacial score (nSPS) is 11.6. The van der Waals surface area contributed by atoms with Gasteiger partial charge in [-0.3, -0.25) is 0 Å². The summed E-state index contributed by atoms with van der Waals surface area (Å²) in [5, 5.41) is 13.2. The van der Waals surface area contributed by atoms with E-state index in [2.05, 4.69) is 5.16 Å². The number of thioether (sulfide) groups is 1. The highest BCUT2D eigenvalue weighted by molar-refractivity contribution is 7.98. The molecule has 0 atom stereocenters. The molecule has 0 heterocycles. The van der Waals surface area contributed by atoms with E-state index >= 15 is 0 Å². The molecular formula is C14H12Cl2N2OS. The van der Waals surface area contributed by atoms with Gasteiger partial charge in [-0.15, -0.1) is 11.8 Å². The van der Waals surface area contributed by atoms with E-state index in [1.54, 1.807) is 18.2 Å². The molecule has 20 heavy (non-hydrogen) atoms. The second-order valence-electron chi connectivity index (χ2n) is 4.01. The van der Waals surface area contributed by atoms with Crippen LogP contribution >= 0.6 is 35.0 Å². The highest BCUT2D eigenvalue weighted by atomic mass is 35.5. The zero-order valence-corrected chi connectivity index (χ0v) is 12.7. The Hall–Kier alpha value is -1.36. The Morgan fingerprint density at radius 2 is 1.95 bits per heavy atom. The lowest BCUT2D eigenvalue weighted by Gasteiger charge is -2.09. The second-order valence-corrected chi connectivity index (χ2v) is 5.87. The van der Waals surface area contributed by atoms with Crippen LogP contribution < -0.4 is 5.73 Å². The lowest BCUT2D eigenvalue weighted by molar-refractivity contribution is 0.318. The summed E-state index contributed by atoms with van der Waals surface area (Å²) >= 11 is 13.7. The number of hydrogen-bond acceptors (Lipinski definition) is 3. The first-order chi connectivity index (χ1) is 9.61. The van der Waals surface area contributed by atoms with E-state index in [1.165, 1.54) is 11.8 Å². The molecular weight excluding hydrogens is 315 g/mol. The van der Waals surface area contributed by atoms with Crippen LogP contribution in [-0.2, 0) is 5.75 Å². The maximum atomic E-state index is 8.81. The maximum Gasteiger partial charge on any atom is 0.171 e. The lowest BCUT2D eigenvalue weighted by atomic mass is 10.2. The molecule has 0 unspecified atom stereocenters. The first-order valence-electron chi connectivity index (χ1n) is 5.75. The standard InChI is InChI=1S/C14H12Cl2N2OS/c15-10-5-6-11(14(17)18-19)13(7-10)20-8-9-3-1-2-4-12(9)16/h1-7,19H,8H2,(H2,17,18). The summed E-state index contributed by atoms with van der Waals surface area (Å²) in [6.45, 7) is 0. The molecule has 3 N–H and O–H groups in total. The van der Waals surface area contributed by atoms with Crippen LogP contribution in [0.3, 0.4) is 0 Å². The minimum atomic E-state index is 0.0586. The van der Waals surface area contributed by atoms with Crippen LogP contribution in [0.1, 0.15) is 11.1 Å². The van der Waals surface area contributed by atoms with Crippen molar-refractivity contribution in [3.8, 4) is 0 Å².